The third kappa shape index (κ3) is 4.32. The van der Waals surface area contributed by atoms with Crippen LogP contribution in [0.2, 0.25) is 0 Å². The second kappa shape index (κ2) is 8.06. The first-order valence-corrected chi connectivity index (χ1v) is 8.06. The van der Waals surface area contributed by atoms with Crippen LogP contribution in [-0.4, -0.2) is 35.1 Å². The number of nitrogens with one attached hydrogen (secondary N) is 2. The Morgan fingerprint density at radius 3 is 2.50 bits per heavy atom. The van der Waals surface area contributed by atoms with E-state index in [0.29, 0.717) is 17.6 Å². The Balaban J connectivity index is 1.69. The maximum atomic E-state index is 12.3. The third-order valence-electron chi connectivity index (χ3n) is 3.80. The summed E-state index contributed by atoms with van der Waals surface area (Å²) in [6.07, 6.45) is 3.52. The number of urea groups is 1. The number of benzene rings is 2. The number of aromatic nitrogens is 2. The number of fused-ring (bicyclic) bond motifs is 1. The van der Waals surface area contributed by atoms with Crippen molar-refractivity contribution >= 4 is 28.7 Å². The number of ether oxygens (including phenoxy) is 1. The lowest BCUT2D eigenvalue weighted by Gasteiger charge is -2.17. The summed E-state index contributed by atoms with van der Waals surface area (Å²) in [6, 6.07) is 13.3. The Kier molecular flexibility index (Phi) is 5.38. The van der Waals surface area contributed by atoms with Crippen molar-refractivity contribution in [2.75, 3.05) is 12.4 Å². The van der Waals surface area contributed by atoms with Gasteiger partial charge in [-0.05, 0) is 23.8 Å². The fourth-order valence-electron chi connectivity index (χ4n) is 2.55. The van der Waals surface area contributed by atoms with E-state index in [1.165, 1.54) is 7.11 Å². The van der Waals surface area contributed by atoms with Crippen LogP contribution in [0.1, 0.15) is 5.56 Å². The first kappa shape index (κ1) is 17.3. The van der Waals surface area contributed by atoms with Gasteiger partial charge in [0.1, 0.15) is 6.04 Å². The molecule has 0 aliphatic heterocycles. The van der Waals surface area contributed by atoms with E-state index in [4.69, 9.17) is 4.74 Å². The van der Waals surface area contributed by atoms with Crippen LogP contribution in [0.4, 0.5) is 10.5 Å². The van der Waals surface area contributed by atoms with Gasteiger partial charge in [0.25, 0.3) is 0 Å². The molecule has 1 atom stereocenters. The zero-order chi connectivity index (χ0) is 18.4. The summed E-state index contributed by atoms with van der Waals surface area (Å²) < 4.78 is 4.79. The van der Waals surface area contributed by atoms with Gasteiger partial charge in [-0.3, -0.25) is 9.97 Å². The molecule has 0 saturated heterocycles. The van der Waals surface area contributed by atoms with Gasteiger partial charge in [-0.1, -0.05) is 30.3 Å². The average molecular weight is 350 g/mol. The number of rotatable bonds is 5. The van der Waals surface area contributed by atoms with Crippen molar-refractivity contribution in [3.05, 3.63) is 66.5 Å². The SMILES string of the molecule is COC(=O)[C@H](Cc1ccccc1)NC(=O)Nc1ccc2nccnc2c1. The van der Waals surface area contributed by atoms with Crippen LogP contribution >= 0.6 is 0 Å². The van der Waals surface area contributed by atoms with Crippen LogP contribution in [0, 0.1) is 0 Å². The molecule has 0 aliphatic carbocycles. The molecule has 2 aromatic carbocycles. The number of carbonyl (C=O) groups is 2. The number of nitrogens with zero attached hydrogens (tertiary/aromatic N) is 2. The highest BCUT2D eigenvalue weighted by atomic mass is 16.5. The second-order valence-electron chi connectivity index (χ2n) is 5.62. The summed E-state index contributed by atoms with van der Waals surface area (Å²) in [5.74, 6) is -0.506. The molecule has 0 spiro atoms. The van der Waals surface area contributed by atoms with Crippen LogP contribution in [0.3, 0.4) is 0 Å². The molecule has 7 nitrogen and oxygen atoms in total. The maximum absolute atomic E-state index is 12.3. The summed E-state index contributed by atoms with van der Waals surface area (Å²) in [6.45, 7) is 0. The number of hydrogen-bond acceptors (Lipinski definition) is 5. The molecular weight excluding hydrogens is 332 g/mol. The molecule has 3 aromatic rings. The quantitative estimate of drug-likeness (QED) is 0.690. The van der Waals surface area contributed by atoms with Crippen molar-refractivity contribution in [1.29, 1.82) is 0 Å². The van der Waals surface area contributed by atoms with Crippen LogP contribution in [0.5, 0.6) is 0 Å². The molecular formula is C19H18N4O3. The van der Waals surface area contributed by atoms with E-state index in [-0.39, 0.29) is 0 Å². The van der Waals surface area contributed by atoms with Crippen molar-refractivity contribution in [1.82, 2.24) is 15.3 Å². The first-order chi connectivity index (χ1) is 12.7. The van der Waals surface area contributed by atoms with Crippen molar-refractivity contribution in [2.45, 2.75) is 12.5 Å². The van der Waals surface area contributed by atoms with Crippen molar-refractivity contribution in [3.8, 4) is 0 Å². The van der Waals surface area contributed by atoms with E-state index in [1.807, 2.05) is 30.3 Å². The minimum Gasteiger partial charge on any atom is -0.467 e. The Morgan fingerprint density at radius 2 is 1.77 bits per heavy atom. The molecule has 0 fully saturated rings. The first-order valence-electron chi connectivity index (χ1n) is 8.06. The molecule has 0 radical (unpaired) electrons. The van der Waals surface area contributed by atoms with Gasteiger partial charge in [0.05, 0.1) is 18.1 Å². The lowest BCUT2D eigenvalue weighted by Crippen LogP contribution is -2.45. The molecule has 0 bridgehead atoms. The van der Waals surface area contributed by atoms with Gasteiger partial charge in [-0.15, -0.1) is 0 Å². The van der Waals surface area contributed by atoms with Gasteiger partial charge in [0, 0.05) is 24.5 Å². The number of carbonyl (C=O) groups excluding carboxylic acids is 2. The largest absolute Gasteiger partial charge is 0.467 e. The third-order valence-corrected chi connectivity index (χ3v) is 3.80. The topological polar surface area (TPSA) is 93.2 Å². The molecule has 26 heavy (non-hydrogen) atoms. The minimum atomic E-state index is -0.789. The van der Waals surface area contributed by atoms with Gasteiger partial charge in [0.2, 0.25) is 0 Å². The lowest BCUT2D eigenvalue weighted by atomic mass is 10.1. The molecule has 0 saturated carbocycles. The standard InChI is InChI=1S/C19H18N4O3/c1-26-18(24)17(11-13-5-3-2-4-6-13)23-19(25)22-14-7-8-15-16(12-14)21-10-9-20-15/h2-10,12,17H,11H2,1H3,(H2,22,23,25)/t17-/m0/s1. The van der Waals surface area contributed by atoms with Crippen LogP contribution in [0.15, 0.2) is 60.9 Å². The van der Waals surface area contributed by atoms with Gasteiger partial charge in [0.15, 0.2) is 0 Å². The van der Waals surface area contributed by atoms with E-state index in [9.17, 15) is 9.59 Å². The van der Waals surface area contributed by atoms with Crippen LogP contribution in [-0.2, 0) is 16.0 Å². The average Bonchev–Trinajstić information content (AvgIpc) is 2.67. The summed E-state index contributed by atoms with van der Waals surface area (Å²) in [7, 11) is 1.29. The molecule has 1 aromatic heterocycles. The second-order valence-corrected chi connectivity index (χ2v) is 5.62. The number of anilines is 1. The highest BCUT2D eigenvalue weighted by Gasteiger charge is 2.22. The maximum Gasteiger partial charge on any atom is 0.328 e. The zero-order valence-corrected chi connectivity index (χ0v) is 14.2. The number of amides is 2. The molecule has 7 heteroatoms. The Morgan fingerprint density at radius 1 is 1.04 bits per heavy atom. The number of methoxy groups -OCH3 is 1. The molecule has 2 N–H and O–H groups in total. The molecule has 132 valence electrons. The fourth-order valence-corrected chi connectivity index (χ4v) is 2.55. The van der Waals surface area contributed by atoms with E-state index < -0.39 is 18.0 Å². The van der Waals surface area contributed by atoms with Gasteiger partial charge in [-0.25, -0.2) is 9.59 Å². The lowest BCUT2D eigenvalue weighted by molar-refractivity contribution is -0.142. The Bertz CT molecular complexity index is 915. The van der Waals surface area contributed by atoms with E-state index in [2.05, 4.69) is 20.6 Å². The molecule has 1 heterocycles. The molecule has 2 amide bonds. The van der Waals surface area contributed by atoms with Crippen molar-refractivity contribution < 1.29 is 14.3 Å². The Labute approximate surface area is 150 Å². The smallest absolute Gasteiger partial charge is 0.328 e. The molecule has 0 unspecified atom stereocenters. The summed E-state index contributed by atoms with van der Waals surface area (Å²) in [4.78, 5) is 32.7. The summed E-state index contributed by atoms with van der Waals surface area (Å²) >= 11 is 0. The summed E-state index contributed by atoms with van der Waals surface area (Å²) in [5, 5.41) is 5.36. The number of esters is 1. The van der Waals surface area contributed by atoms with Crippen molar-refractivity contribution in [2.24, 2.45) is 0 Å². The van der Waals surface area contributed by atoms with Gasteiger partial charge < -0.3 is 15.4 Å². The van der Waals surface area contributed by atoms with Crippen LogP contribution < -0.4 is 10.6 Å². The monoisotopic (exact) mass is 350 g/mol. The minimum absolute atomic E-state index is 0.337. The predicted octanol–water partition coefficient (Wildman–Crippen LogP) is 2.54. The number of hydrogen-bond donors (Lipinski definition) is 2. The van der Waals surface area contributed by atoms with Crippen LogP contribution in [0.25, 0.3) is 11.0 Å². The van der Waals surface area contributed by atoms with Gasteiger partial charge >= 0.3 is 12.0 Å². The van der Waals surface area contributed by atoms with E-state index in [0.717, 1.165) is 11.1 Å². The highest BCUT2D eigenvalue weighted by Crippen LogP contribution is 2.15. The molecule has 0 aliphatic rings. The summed E-state index contributed by atoms with van der Waals surface area (Å²) in [5.41, 5.74) is 2.87. The fraction of sp³-hybridized carbons (Fsp3) is 0.158. The van der Waals surface area contributed by atoms with E-state index >= 15 is 0 Å². The predicted molar refractivity (Wildman–Crippen MR) is 97.6 cm³/mol. The Hall–Kier alpha value is -3.48. The highest BCUT2D eigenvalue weighted by molar-refractivity contribution is 5.94. The molecule has 3 rings (SSSR count). The normalized spacial score (nSPS) is 11.6. The van der Waals surface area contributed by atoms with Crippen molar-refractivity contribution in [3.63, 3.8) is 0 Å². The van der Waals surface area contributed by atoms with E-state index in [1.54, 1.807) is 30.6 Å². The zero-order valence-electron chi connectivity index (χ0n) is 14.2. The van der Waals surface area contributed by atoms with Gasteiger partial charge in [-0.2, -0.15) is 0 Å².